The molecule has 0 aliphatic carbocycles. The Labute approximate surface area is 168 Å². The number of para-hydroxylation sites is 1. The fraction of sp³-hybridized carbons (Fsp3) is 0.158. The average Bonchev–Trinajstić information content (AvgIpc) is 3.06. The number of nitrogens with one attached hydrogen (secondary N) is 1. The van der Waals surface area contributed by atoms with E-state index in [1.54, 1.807) is 12.3 Å². The highest BCUT2D eigenvalue weighted by Crippen LogP contribution is 2.26. The van der Waals surface area contributed by atoms with E-state index in [0.29, 0.717) is 10.9 Å². The molecule has 0 atom stereocenters. The summed E-state index contributed by atoms with van der Waals surface area (Å²) in [5, 5.41) is 3.01. The van der Waals surface area contributed by atoms with Crippen LogP contribution in [0.25, 0.3) is 11.3 Å². The van der Waals surface area contributed by atoms with Gasteiger partial charge in [-0.15, -0.1) is 13.2 Å². The maximum absolute atomic E-state index is 12.5. The SMILES string of the molecule is Nn1cc(-c2ccccc2)nc1SCC(=O)NCc1ccccc1OC(F)(F)F. The van der Waals surface area contributed by atoms with Crippen molar-refractivity contribution in [1.29, 1.82) is 0 Å². The molecule has 0 saturated carbocycles. The molecule has 0 saturated heterocycles. The standard InChI is InChI=1S/C19H17F3N4O2S/c20-19(21,22)28-16-9-5-4-8-14(16)10-24-17(27)12-29-18-25-15(11-26(18)23)13-6-2-1-3-7-13/h1-9,11H,10,12,23H2,(H,24,27). The number of nitrogens with zero attached hydrogens (tertiary/aromatic N) is 2. The Morgan fingerprint density at radius 2 is 1.83 bits per heavy atom. The summed E-state index contributed by atoms with van der Waals surface area (Å²) in [6.45, 7) is -0.0992. The maximum Gasteiger partial charge on any atom is 0.573 e. The van der Waals surface area contributed by atoms with Gasteiger partial charge in [-0.1, -0.05) is 60.3 Å². The van der Waals surface area contributed by atoms with Crippen LogP contribution in [-0.4, -0.2) is 27.7 Å². The highest BCUT2D eigenvalue weighted by molar-refractivity contribution is 7.99. The van der Waals surface area contributed by atoms with Gasteiger partial charge in [-0.3, -0.25) is 4.79 Å². The van der Waals surface area contributed by atoms with Crippen molar-refractivity contribution < 1.29 is 22.7 Å². The van der Waals surface area contributed by atoms with E-state index in [4.69, 9.17) is 5.84 Å². The van der Waals surface area contributed by atoms with Gasteiger partial charge in [-0.2, -0.15) is 0 Å². The topological polar surface area (TPSA) is 82.2 Å². The van der Waals surface area contributed by atoms with Crippen molar-refractivity contribution in [3.8, 4) is 17.0 Å². The molecule has 0 aliphatic heterocycles. The third-order valence-corrected chi connectivity index (χ3v) is 4.74. The monoisotopic (exact) mass is 422 g/mol. The number of amides is 1. The van der Waals surface area contributed by atoms with Gasteiger partial charge >= 0.3 is 6.36 Å². The Morgan fingerprint density at radius 1 is 1.14 bits per heavy atom. The van der Waals surface area contributed by atoms with Crippen molar-refractivity contribution in [3.63, 3.8) is 0 Å². The molecule has 1 amide bonds. The van der Waals surface area contributed by atoms with Gasteiger partial charge in [0.25, 0.3) is 0 Å². The van der Waals surface area contributed by atoms with Gasteiger partial charge in [0.15, 0.2) is 5.16 Å². The van der Waals surface area contributed by atoms with Crippen LogP contribution in [0.2, 0.25) is 0 Å². The fourth-order valence-corrected chi connectivity index (χ4v) is 3.21. The molecule has 6 nitrogen and oxygen atoms in total. The van der Waals surface area contributed by atoms with E-state index < -0.39 is 6.36 Å². The molecule has 3 N–H and O–H groups in total. The highest BCUT2D eigenvalue weighted by Gasteiger charge is 2.32. The maximum atomic E-state index is 12.5. The molecule has 10 heteroatoms. The molecule has 2 aromatic carbocycles. The summed E-state index contributed by atoms with van der Waals surface area (Å²) < 4.78 is 42.7. The van der Waals surface area contributed by atoms with Gasteiger partial charge in [0, 0.05) is 17.7 Å². The van der Waals surface area contributed by atoms with Crippen LogP contribution >= 0.6 is 11.8 Å². The number of aromatic nitrogens is 2. The van der Waals surface area contributed by atoms with E-state index in [0.717, 1.165) is 17.3 Å². The summed E-state index contributed by atoms with van der Waals surface area (Å²) >= 11 is 1.12. The van der Waals surface area contributed by atoms with Crippen LogP contribution in [0.15, 0.2) is 66.0 Å². The number of halogens is 3. The van der Waals surface area contributed by atoms with Crippen LogP contribution in [0.4, 0.5) is 13.2 Å². The first-order valence-electron chi connectivity index (χ1n) is 8.45. The molecular formula is C19H17F3N4O2S. The average molecular weight is 422 g/mol. The molecule has 0 bridgehead atoms. The lowest BCUT2D eigenvalue weighted by atomic mass is 10.2. The first-order valence-corrected chi connectivity index (χ1v) is 9.43. The second kappa shape index (κ2) is 8.91. The number of imidazole rings is 1. The normalized spacial score (nSPS) is 11.3. The summed E-state index contributed by atoms with van der Waals surface area (Å²) in [6.07, 6.45) is -3.15. The minimum atomic E-state index is -4.80. The van der Waals surface area contributed by atoms with Gasteiger partial charge in [-0.25, -0.2) is 9.66 Å². The molecule has 152 valence electrons. The van der Waals surface area contributed by atoms with Crippen LogP contribution in [0.5, 0.6) is 5.75 Å². The summed E-state index contributed by atoms with van der Waals surface area (Å²) in [5.41, 5.74) is 1.79. The highest BCUT2D eigenvalue weighted by atomic mass is 32.2. The number of hydrogen-bond donors (Lipinski definition) is 2. The molecule has 0 unspecified atom stereocenters. The summed E-state index contributed by atoms with van der Waals surface area (Å²) in [6, 6.07) is 15.1. The van der Waals surface area contributed by atoms with E-state index in [1.807, 2.05) is 30.3 Å². The van der Waals surface area contributed by atoms with Gasteiger partial charge < -0.3 is 15.9 Å². The first kappa shape index (κ1) is 20.6. The number of rotatable bonds is 7. The third kappa shape index (κ3) is 5.92. The number of nitrogens with two attached hydrogens (primary N) is 1. The number of carbonyl (C=O) groups is 1. The summed E-state index contributed by atoms with van der Waals surface area (Å²) in [4.78, 5) is 16.5. The molecule has 0 fully saturated rings. The molecular weight excluding hydrogens is 405 g/mol. The Bertz CT molecular complexity index is 977. The van der Waals surface area contributed by atoms with Crippen molar-refractivity contribution in [3.05, 3.63) is 66.4 Å². The second-order valence-electron chi connectivity index (χ2n) is 5.90. The molecule has 0 radical (unpaired) electrons. The van der Waals surface area contributed by atoms with E-state index in [9.17, 15) is 18.0 Å². The third-order valence-electron chi connectivity index (χ3n) is 3.77. The Morgan fingerprint density at radius 3 is 2.55 bits per heavy atom. The van der Waals surface area contributed by atoms with Crippen LogP contribution < -0.4 is 15.9 Å². The molecule has 0 spiro atoms. The Kier molecular flexibility index (Phi) is 6.32. The molecule has 0 aliphatic rings. The van der Waals surface area contributed by atoms with Crippen molar-refractivity contribution in [2.75, 3.05) is 11.6 Å². The van der Waals surface area contributed by atoms with Gasteiger partial charge in [0.05, 0.1) is 17.6 Å². The van der Waals surface area contributed by atoms with Crippen LogP contribution in [0, 0.1) is 0 Å². The number of thioether (sulfide) groups is 1. The van der Waals surface area contributed by atoms with E-state index in [1.165, 1.54) is 22.9 Å². The van der Waals surface area contributed by atoms with Crippen LogP contribution in [0.3, 0.4) is 0 Å². The zero-order valence-electron chi connectivity index (χ0n) is 15.0. The second-order valence-corrected chi connectivity index (χ2v) is 6.85. The first-order chi connectivity index (χ1) is 13.8. The van der Waals surface area contributed by atoms with Gasteiger partial charge in [-0.05, 0) is 6.07 Å². The van der Waals surface area contributed by atoms with E-state index in [2.05, 4.69) is 15.0 Å². The van der Waals surface area contributed by atoms with E-state index in [-0.39, 0.29) is 29.5 Å². The minimum absolute atomic E-state index is 0.00470. The number of benzene rings is 2. The minimum Gasteiger partial charge on any atom is -0.405 e. The predicted octanol–water partition coefficient (Wildman–Crippen LogP) is 3.57. The van der Waals surface area contributed by atoms with E-state index >= 15 is 0 Å². The largest absolute Gasteiger partial charge is 0.573 e. The lowest BCUT2D eigenvalue weighted by Gasteiger charge is -2.13. The zero-order chi connectivity index (χ0) is 20.9. The lowest BCUT2D eigenvalue weighted by molar-refractivity contribution is -0.274. The summed E-state index contributed by atoms with van der Waals surface area (Å²) in [7, 11) is 0. The smallest absolute Gasteiger partial charge is 0.405 e. The number of carbonyl (C=O) groups excluding carboxylic acids is 1. The predicted molar refractivity (Wildman–Crippen MR) is 104 cm³/mol. The van der Waals surface area contributed by atoms with Crippen LogP contribution in [0.1, 0.15) is 5.56 Å². The van der Waals surface area contributed by atoms with Crippen molar-refractivity contribution in [1.82, 2.24) is 15.0 Å². The van der Waals surface area contributed by atoms with Crippen molar-refractivity contribution in [2.45, 2.75) is 18.1 Å². The Hall–Kier alpha value is -3.14. The Balaban J connectivity index is 1.56. The molecule has 3 rings (SSSR count). The molecule has 29 heavy (non-hydrogen) atoms. The fourth-order valence-electron chi connectivity index (χ4n) is 2.48. The van der Waals surface area contributed by atoms with Crippen LogP contribution in [-0.2, 0) is 11.3 Å². The van der Waals surface area contributed by atoms with Gasteiger partial charge in [0.1, 0.15) is 5.75 Å². The molecule has 3 aromatic rings. The zero-order valence-corrected chi connectivity index (χ0v) is 15.8. The van der Waals surface area contributed by atoms with Gasteiger partial charge in [0.2, 0.25) is 5.91 Å². The number of ether oxygens (including phenoxy) is 1. The van der Waals surface area contributed by atoms with Crippen molar-refractivity contribution in [2.24, 2.45) is 0 Å². The quantitative estimate of drug-likeness (QED) is 0.449. The lowest BCUT2D eigenvalue weighted by Crippen LogP contribution is -2.26. The molecule has 1 heterocycles. The number of nitrogen functional groups attached to an aromatic ring is 1. The number of alkyl halides is 3. The number of hydrogen-bond acceptors (Lipinski definition) is 5. The van der Waals surface area contributed by atoms with Crippen molar-refractivity contribution >= 4 is 17.7 Å². The molecule has 1 aromatic heterocycles. The summed E-state index contributed by atoms with van der Waals surface area (Å²) in [5.74, 6) is 5.17.